The van der Waals surface area contributed by atoms with Crippen LogP contribution in [0.5, 0.6) is 5.75 Å². The van der Waals surface area contributed by atoms with E-state index in [1.165, 1.54) is 0 Å². The second-order valence-electron chi connectivity index (χ2n) is 5.10. The van der Waals surface area contributed by atoms with E-state index in [4.69, 9.17) is 10.00 Å². The van der Waals surface area contributed by atoms with Crippen molar-refractivity contribution in [3.8, 4) is 11.8 Å². The summed E-state index contributed by atoms with van der Waals surface area (Å²) in [5.41, 5.74) is 1.64. The quantitative estimate of drug-likeness (QED) is 0.863. The maximum absolute atomic E-state index is 9.16. The molecular weight excluding hydrogens is 264 g/mol. The summed E-state index contributed by atoms with van der Waals surface area (Å²) in [6.45, 7) is 3.58. The number of hydrogen-bond acceptors (Lipinski definition) is 5. The number of nitriles is 1. The van der Waals surface area contributed by atoms with Gasteiger partial charge in [0.2, 0.25) is 0 Å². The van der Waals surface area contributed by atoms with E-state index in [9.17, 15) is 0 Å². The van der Waals surface area contributed by atoms with Gasteiger partial charge in [0.15, 0.2) is 0 Å². The topological polar surface area (TPSA) is 62.0 Å². The Balaban J connectivity index is 1.71. The predicted octanol–water partition coefficient (Wildman–Crippen LogP) is 2.31. The second-order valence-corrected chi connectivity index (χ2v) is 5.10. The summed E-state index contributed by atoms with van der Waals surface area (Å²) in [4.78, 5) is 10.5. The van der Waals surface area contributed by atoms with Crippen LogP contribution < -0.4 is 9.64 Å². The number of pyridine rings is 2. The lowest BCUT2D eigenvalue weighted by atomic mass is 10.2. The number of anilines is 1. The first-order valence-electron chi connectivity index (χ1n) is 6.95. The Hall–Kier alpha value is -2.61. The Morgan fingerprint density at radius 3 is 3.10 bits per heavy atom. The molecule has 1 fully saturated rings. The lowest BCUT2D eigenvalue weighted by Gasteiger charge is -2.19. The minimum Gasteiger partial charge on any atom is -0.488 e. The molecule has 2 aromatic heterocycles. The maximum Gasteiger partial charge on any atom is 0.146 e. The van der Waals surface area contributed by atoms with E-state index >= 15 is 0 Å². The van der Waals surface area contributed by atoms with E-state index < -0.39 is 0 Å². The van der Waals surface area contributed by atoms with Gasteiger partial charge in [-0.1, -0.05) is 0 Å². The van der Waals surface area contributed by atoms with Crippen LogP contribution in [0.1, 0.15) is 17.5 Å². The third-order valence-electron chi connectivity index (χ3n) is 3.61. The molecule has 3 heterocycles. The summed E-state index contributed by atoms with van der Waals surface area (Å²) in [6, 6.07) is 7.66. The smallest absolute Gasteiger partial charge is 0.146 e. The second kappa shape index (κ2) is 5.80. The van der Waals surface area contributed by atoms with Crippen LogP contribution in [0.15, 0.2) is 36.8 Å². The van der Waals surface area contributed by atoms with Gasteiger partial charge >= 0.3 is 0 Å². The summed E-state index contributed by atoms with van der Waals surface area (Å²) in [5.74, 6) is 1.62. The van der Waals surface area contributed by atoms with Crippen molar-refractivity contribution in [1.29, 1.82) is 5.26 Å². The van der Waals surface area contributed by atoms with Gasteiger partial charge in [-0.05, 0) is 25.1 Å². The van der Waals surface area contributed by atoms with Crippen molar-refractivity contribution in [2.75, 3.05) is 18.0 Å². The number of ether oxygens (including phenoxy) is 1. The van der Waals surface area contributed by atoms with Crippen molar-refractivity contribution in [2.24, 2.45) is 0 Å². The molecule has 0 spiro atoms. The zero-order chi connectivity index (χ0) is 14.7. The molecule has 1 atom stereocenters. The molecule has 1 aliphatic rings. The molecule has 0 saturated carbocycles. The van der Waals surface area contributed by atoms with Gasteiger partial charge in [-0.2, -0.15) is 5.26 Å². The molecule has 1 unspecified atom stereocenters. The van der Waals surface area contributed by atoms with Crippen LogP contribution in [-0.2, 0) is 0 Å². The first-order chi connectivity index (χ1) is 10.3. The van der Waals surface area contributed by atoms with Crippen LogP contribution in [0, 0.1) is 18.3 Å². The first-order valence-corrected chi connectivity index (χ1v) is 6.95. The van der Waals surface area contributed by atoms with Crippen LogP contribution in [-0.4, -0.2) is 29.2 Å². The Kier molecular flexibility index (Phi) is 3.69. The predicted molar refractivity (Wildman–Crippen MR) is 79.2 cm³/mol. The number of aromatic nitrogens is 2. The zero-order valence-electron chi connectivity index (χ0n) is 11.9. The summed E-state index contributed by atoms with van der Waals surface area (Å²) in [6.07, 6.45) is 6.29. The molecule has 5 nitrogen and oxygen atoms in total. The molecular formula is C16H16N4O. The third-order valence-corrected chi connectivity index (χ3v) is 3.61. The molecule has 3 rings (SSSR count). The van der Waals surface area contributed by atoms with Gasteiger partial charge in [0.05, 0.1) is 12.1 Å². The average molecular weight is 280 g/mol. The molecule has 1 saturated heterocycles. The molecule has 21 heavy (non-hydrogen) atoms. The van der Waals surface area contributed by atoms with Crippen LogP contribution in [0.2, 0.25) is 0 Å². The highest BCUT2D eigenvalue weighted by molar-refractivity contribution is 5.54. The Labute approximate surface area is 123 Å². The van der Waals surface area contributed by atoms with Crippen molar-refractivity contribution in [3.63, 3.8) is 0 Å². The fraction of sp³-hybridized carbons (Fsp3) is 0.312. The van der Waals surface area contributed by atoms with Crippen molar-refractivity contribution in [2.45, 2.75) is 19.4 Å². The van der Waals surface area contributed by atoms with E-state index in [1.807, 2.05) is 13.0 Å². The molecule has 0 bridgehead atoms. The molecule has 5 heteroatoms. The number of aryl methyl sites for hydroxylation is 1. The minimum atomic E-state index is 0.111. The van der Waals surface area contributed by atoms with Crippen LogP contribution in [0.25, 0.3) is 0 Å². The summed E-state index contributed by atoms with van der Waals surface area (Å²) in [5, 5.41) is 9.16. The van der Waals surface area contributed by atoms with E-state index in [0.29, 0.717) is 5.56 Å². The van der Waals surface area contributed by atoms with E-state index in [2.05, 4.69) is 20.9 Å². The highest BCUT2D eigenvalue weighted by Crippen LogP contribution is 2.25. The standard InChI is InChI=1S/C16H16N4O/c1-12-10-18-7-4-15(12)21-14-5-8-20(11-14)16-13(9-17)3-2-6-19-16/h2-4,6-7,10,14H,5,8,11H2,1H3. The highest BCUT2D eigenvalue weighted by Gasteiger charge is 2.26. The largest absolute Gasteiger partial charge is 0.488 e. The Morgan fingerprint density at radius 1 is 1.38 bits per heavy atom. The average Bonchev–Trinajstić information content (AvgIpc) is 2.98. The molecule has 0 aromatic carbocycles. The van der Waals surface area contributed by atoms with Crippen molar-refractivity contribution in [1.82, 2.24) is 9.97 Å². The molecule has 106 valence electrons. The molecule has 1 aliphatic heterocycles. The lowest BCUT2D eigenvalue weighted by molar-refractivity contribution is 0.223. The molecule has 2 aromatic rings. The first kappa shape index (κ1) is 13.4. The van der Waals surface area contributed by atoms with Crippen molar-refractivity contribution < 1.29 is 4.74 Å². The SMILES string of the molecule is Cc1cnccc1OC1CCN(c2ncccc2C#N)C1. The minimum absolute atomic E-state index is 0.111. The fourth-order valence-corrected chi connectivity index (χ4v) is 2.53. The van der Waals surface area contributed by atoms with Gasteiger partial charge in [-0.15, -0.1) is 0 Å². The van der Waals surface area contributed by atoms with Gasteiger partial charge < -0.3 is 9.64 Å². The zero-order valence-corrected chi connectivity index (χ0v) is 11.9. The van der Waals surface area contributed by atoms with Crippen molar-refractivity contribution in [3.05, 3.63) is 47.9 Å². The molecule has 0 N–H and O–H groups in total. The Bertz CT molecular complexity index is 680. The van der Waals surface area contributed by atoms with Crippen LogP contribution >= 0.6 is 0 Å². The molecule has 0 aliphatic carbocycles. The summed E-state index contributed by atoms with van der Waals surface area (Å²) < 4.78 is 6.04. The van der Waals surface area contributed by atoms with Crippen LogP contribution in [0.4, 0.5) is 5.82 Å². The number of nitrogens with zero attached hydrogens (tertiary/aromatic N) is 4. The normalized spacial score (nSPS) is 17.5. The monoisotopic (exact) mass is 280 g/mol. The Morgan fingerprint density at radius 2 is 2.29 bits per heavy atom. The number of hydrogen-bond donors (Lipinski definition) is 0. The van der Waals surface area contributed by atoms with Gasteiger partial charge in [0.1, 0.15) is 23.7 Å². The molecule has 0 radical (unpaired) electrons. The summed E-state index contributed by atoms with van der Waals surface area (Å²) >= 11 is 0. The van der Waals surface area contributed by atoms with Crippen molar-refractivity contribution >= 4 is 5.82 Å². The van der Waals surface area contributed by atoms with Gasteiger partial charge in [0, 0.05) is 37.1 Å². The molecule has 0 amide bonds. The van der Waals surface area contributed by atoms with Gasteiger partial charge in [0.25, 0.3) is 0 Å². The fourth-order valence-electron chi connectivity index (χ4n) is 2.53. The van der Waals surface area contributed by atoms with Crippen LogP contribution in [0.3, 0.4) is 0 Å². The maximum atomic E-state index is 9.16. The van der Waals surface area contributed by atoms with Gasteiger partial charge in [-0.25, -0.2) is 4.98 Å². The van der Waals surface area contributed by atoms with E-state index in [-0.39, 0.29) is 6.10 Å². The van der Waals surface area contributed by atoms with E-state index in [0.717, 1.165) is 36.6 Å². The summed E-state index contributed by atoms with van der Waals surface area (Å²) in [7, 11) is 0. The van der Waals surface area contributed by atoms with Gasteiger partial charge in [-0.3, -0.25) is 4.98 Å². The van der Waals surface area contributed by atoms with E-state index in [1.54, 1.807) is 30.7 Å². The highest BCUT2D eigenvalue weighted by atomic mass is 16.5. The number of rotatable bonds is 3. The lowest BCUT2D eigenvalue weighted by Crippen LogP contribution is -2.26. The third kappa shape index (κ3) is 2.79.